The van der Waals surface area contributed by atoms with Crippen molar-refractivity contribution in [2.24, 2.45) is 5.10 Å². The van der Waals surface area contributed by atoms with Crippen molar-refractivity contribution in [3.63, 3.8) is 0 Å². The summed E-state index contributed by atoms with van der Waals surface area (Å²) in [6, 6.07) is 3.99. The number of H-pyrrole nitrogens is 1. The number of aromatic amines is 1. The highest BCUT2D eigenvalue weighted by atomic mass is 15.5. The SMILES string of the molecule is C1=NN(c2ccc[nH]2)CC1. The number of anilines is 1. The molecule has 52 valence electrons. The van der Waals surface area contributed by atoms with Crippen LogP contribution in [0.15, 0.2) is 23.4 Å². The van der Waals surface area contributed by atoms with Crippen molar-refractivity contribution >= 4 is 12.0 Å². The quantitative estimate of drug-likeness (QED) is 0.616. The van der Waals surface area contributed by atoms with Gasteiger partial charge in [-0.2, -0.15) is 5.10 Å². The molecule has 0 unspecified atom stereocenters. The molecule has 10 heavy (non-hydrogen) atoms. The number of rotatable bonds is 1. The van der Waals surface area contributed by atoms with Gasteiger partial charge in [-0.3, -0.25) is 0 Å². The molecular formula is C7H9N3. The first-order chi connectivity index (χ1) is 4.97. The van der Waals surface area contributed by atoms with E-state index in [9.17, 15) is 0 Å². The predicted octanol–water partition coefficient (Wildman–Crippen LogP) is 1.21. The van der Waals surface area contributed by atoms with Gasteiger partial charge in [0, 0.05) is 25.4 Å². The minimum absolute atomic E-state index is 1.00. The zero-order valence-corrected chi connectivity index (χ0v) is 5.62. The van der Waals surface area contributed by atoms with Gasteiger partial charge in [0.2, 0.25) is 0 Å². The molecule has 1 aliphatic heterocycles. The first kappa shape index (κ1) is 5.53. The molecule has 2 rings (SSSR count). The number of nitrogens with zero attached hydrogens (tertiary/aromatic N) is 2. The summed E-state index contributed by atoms with van der Waals surface area (Å²) in [6.07, 6.45) is 4.89. The van der Waals surface area contributed by atoms with Crippen LogP contribution in [0.25, 0.3) is 0 Å². The maximum Gasteiger partial charge on any atom is 0.126 e. The van der Waals surface area contributed by atoms with Gasteiger partial charge in [0.25, 0.3) is 0 Å². The summed E-state index contributed by atoms with van der Waals surface area (Å²) < 4.78 is 0. The molecule has 1 N–H and O–H groups in total. The molecule has 0 spiro atoms. The smallest absolute Gasteiger partial charge is 0.126 e. The van der Waals surface area contributed by atoms with Crippen LogP contribution in [-0.2, 0) is 0 Å². The molecule has 1 aromatic rings. The van der Waals surface area contributed by atoms with Gasteiger partial charge in [-0.1, -0.05) is 0 Å². The van der Waals surface area contributed by atoms with Crippen LogP contribution in [0, 0.1) is 0 Å². The Morgan fingerprint density at radius 1 is 1.60 bits per heavy atom. The largest absolute Gasteiger partial charge is 0.347 e. The first-order valence-corrected chi connectivity index (χ1v) is 3.40. The fraction of sp³-hybridized carbons (Fsp3) is 0.286. The van der Waals surface area contributed by atoms with Gasteiger partial charge in [-0.25, -0.2) is 5.01 Å². The van der Waals surface area contributed by atoms with E-state index in [-0.39, 0.29) is 0 Å². The molecular weight excluding hydrogens is 126 g/mol. The minimum Gasteiger partial charge on any atom is -0.347 e. The van der Waals surface area contributed by atoms with Crippen molar-refractivity contribution in [2.45, 2.75) is 6.42 Å². The molecule has 3 nitrogen and oxygen atoms in total. The van der Waals surface area contributed by atoms with Crippen molar-refractivity contribution in [3.05, 3.63) is 18.3 Å². The van der Waals surface area contributed by atoms with Crippen LogP contribution >= 0.6 is 0 Å². The molecule has 0 aromatic carbocycles. The Morgan fingerprint density at radius 2 is 2.60 bits per heavy atom. The summed E-state index contributed by atoms with van der Waals surface area (Å²) in [6.45, 7) is 1.00. The van der Waals surface area contributed by atoms with Crippen LogP contribution in [0.3, 0.4) is 0 Å². The molecule has 0 atom stereocenters. The maximum absolute atomic E-state index is 4.16. The van der Waals surface area contributed by atoms with Gasteiger partial charge in [0.15, 0.2) is 0 Å². The second kappa shape index (κ2) is 2.17. The molecule has 0 fully saturated rings. The molecule has 3 heteroatoms. The van der Waals surface area contributed by atoms with Crippen LogP contribution in [0.5, 0.6) is 0 Å². The van der Waals surface area contributed by atoms with E-state index < -0.39 is 0 Å². The average Bonchev–Trinajstić information content (AvgIpc) is 2.59. The van der Waals surface area contributed by atoms with E-state index in [0.717, 1.165) is 18.8 Å². The molecule has 0 saturated carbocycles. The highest BCUT2D eigenvalue weighted by Gasteiger charge is 2.07. The third kappa shape index (κ3) is 0.795. The van der Waals surface area contributed by atoms with Gasteiger partial charge in [-0.05, 0) is 12.1 Å². The Balaban J connectivity index is 2.20. The van der Waals surface area contributed by atoms with Crippen molar-refractivity contribution in [2.75, 3.05) is 11.6 Å². The fourth-order valence-corrected chi connectivity index (χ4v) is 1.06. The summed E-state index contributed by atoms with van der Waals surface area (Å²) in [5, 5.41) is 6.11. The summed E-state index contributed by atoms with van der Waals surface area (Å²) in [5.41, 5.74) is 0. The highest BCUT2D eigenvalue weighted by Crippen LogP contribution is 2.13. The van der Waals surface area contributed by atoms with Crippen molar-refractivity contribution in [1.82, 2.24) is 4.98 Å². The van der Waals surface area contributed by atoms with Crippen LogP contribution in [0.2, 0.25) is 0 Å². The number of hydrogen-bond donors (Lipinski definition) is 1. The van der Waals surface area contributed by atoms with Crippen molar-refractivity contribution in [1.29, 1.82) is 0 Å². The number of hydrazone groups is 1. The monoisotopic (exact) mass is 135 g/mol. The van der Waals surface area contributed by atoms with E-state index in [1.807, 2.05) is 29.6 Å². The number of aromatic nitrogens is 1. The summed E-state index contributed by atoms with van der Waals surface area (Å²) in [5.74, 6) is 1.08. The van der Waals surface area contributed by atoms with Crippen LogP contribution in [0.1, 0.15) is 6.42 Å². The van der Waals surface area contributed by atoms with E-state index in [2.05, 4.69) is 10.1 Å². The zero-order valence-electron chi connectivity index (χ0n) is 5.62. The standard InChI is InChI=1S/C7H9N3/c1-3-7(8-4-1)10-6-2-5-9-10/h1,3-5,8H,2,6H2. The third-order valence-electron chi connectivity index (χ3n) is 1.55. The molecule has 0 radical (unpaired) electrons. The van der Waals surface area contributed by atoms with Crippen molar-refractivity contribution in [3.8, 4) is 0 Å². The highest BCUT2D eigenvalue weighted by molar-refractivity contribution is 5.64. The Hall–Kier alpha value is -1.25. The van der Waals surface area contributed by atoms with E-state index in [1.165, 1.54) is 0 Å². The van der Waals surface area contributed by atoms with Gasteiger partial charge in [0.1, 0.15) is 5.82 Å². The predicted molar refractivity (Wildman–Crippen MR) is 41.2 cm³/mol. The lowest BCUT2D eigenvalue weighted by atomic mass is 10.5. The van der Waals surface area contributed by atoms with E-state index >= 15 is 0 Å². The number of nitrogens with one attached hydrogen (secondary N) is 1. The Morgan fingerprint density at radius 3 is 3.20 bits per heavy atom. The second-order valence-electron chi connectivity index (χ2n) is 2.27. The number of hydrogen-bond acceptors (Lipinski definition) is 2. The minimum atomic E-state index is 1.00. The first-order valence-electron chi connectivity index (χ1n) is 3.40. The zero-order chi connectivity index (χ0) is 6.81. The molecule has 1 aliphatic rings. The Kier molecular flexibility index (Phi) is 1.20. The summed E-state index contributed by atoms with van der Waals surface area (Å²) in [7, 11) is 0. The lowest BCUT2D eigenvalue weighted by Gasteiger charge is -2.09. The molecule has 0 aliphatic carbocycles. The van der Waals surface area contributed by atoms with Crippen molar-refractivity contribution < 1.29 is 0 Å². The van der Waals surface area contributed by atoms with E-state index in [1.54, 1.807) is 0 Å². The third-order valence-corrected chi connectivity index (χ3v) is 1.55. The summed E-state index contributed by atoms with van der Waals surface area (Å²) in [4.78, 5) is 3.09. The summed E-state index contributed by atoms with van der Waals surface area (Å²) >= 11 is 0. The molecule has 0 bridgehead atoms. The van der Waals surface area contributed by atoms with Gasteiger partial charge in [-0.15, -0.1) is 0 Å². The molecule has 1 aromatic heterocycles. The Labute approximate surface area is 59.4 Å². The molecule has 2 heterocycles. The van der Waals surface area contributed by atoms with E-state index in [0.29, 0.717) is 0 Å². The van der Waals surface area contributed by atoms with Gasteiger partial charge < -0.3 is 4.98 Å². The average molecular weight is 135 g/mol. The van der Waals surface area contributed by atoms with E-state index in [4.69, 9.17) is 0 Å². The lowest BCUT2D eigenvalue weighted by molar-refractivity contribution is 0.903. The van der Waals surface area contributed by atoms with Gasteiger partial charge in [0.05, 0.1) is 0 Å². The van der Waals surface area contributed by atoms with Crippen LogP contribution in [0.4, 0.5) is 5.82 Å². The molecule has 0 saturated heterocycles. The van der Waals surface area contributed by atoms with Crippen LogP contribution < -0.4 is 5.01 Å². The Bertz CT molecular complexity index is 225. The normalized spacial score (nSPS) is 16.6. The topological polar surface area (TPSA) is 31.4 Å². The molecule has 0 amide bonds. The van der Waals surface area contributed by atoms with Gasteiger partial charge >= 0.3 is 0 Å². The fourth-order valence-electron chi connectivity index (χ4n) is 1.06. The second-order valence-corrected chi connectivity index (χ2v) is 2.27. The maximum atomic E-state index is 4.16. The van der Waals surface area contributed by atoms with Crippen LogP contribution in [-0.4, -0.2) is 17.7 Å². The lowest BCUT2D eigenvalue weighted by Crippen LogP contribution is -2.11.